The van der Waals surface area contributed by atoms with E-state index in [2.05, 4.69) is 10.7 Å². The molecule has 1 aromatic heterocycles. The van der Waals surface area contributed by atoms with Crippen LogP contribution in [0.2, 0.25) is 0 Å². The van der Waals surface area contributed by atoms with Crippen LogP contribution in [0.4, 0.5) is 8.78 Å². The minimum absolute atomic E-state index is 0.435. The Balaban J connectivity index is 2.72. The van der Waals surface area contributed by atoms with E-state index in [4.69, 9.17) is 0 Å². The van der Waals surface area contributed by atoms with Crippen molar-refractivity contribution >= 4 is 5.91 Å². The molecule has 1 atom stereocenters. The molecule has 0 aromatic carbocycles. The number of halogens is 2. The van der Waals surface area contributed by atoms with Crippen LogP contribution in [0.5, 0.6) is 0 Å². The monoisotopic (exact) mass is 214 g/mol. The molecule has 0 saturated heterocycles. The SMILES string of the molecule is CC(CC(F)(F)C(N)=O)c1ccncc1. The number of carbonyl (C=O) groups is 1. The molecule has 0 spiro atoms. The zero-order valence-electron chi connectivity index (χ0n) is 8.28. The first-order valence-corrected chi connectivity index (χ1v) is 4.51. The van der Waals surface area contributed by atoms with E-state index in [-0.39, 0.29) is 0 Å². The summed E-state index contributed by atoms with van der Waals surface area (Å²) in [7, 11) is 0. The fourth-order valence-electron chi connectivity index (χ4n) is 1.29. The van der Waals surface area contributed by atoms with E-state index < -0.39 is 24.2 Å². The maximum Gasteiger partial charge on any atom is 0.324 e. The van der Waals surface area contributed by atoms with Crippen molar-refractivity contribution in [3.05, 3.63) is 30.1 Å². The Morgan fingerprint density at radius 2 is 2.07 bits per heavy atom. The lowest BCUT2D eigenvalue weighted by Crippen LogP contribution is -2.36. The summed E-state index contributed by atoms with van der Waals surface area (Å²) in [4.78, 5) is 14.2. The number of hydrogen-bond donors (Lipinski definition) is 1. The molecule has 15 heavy (non-hydrogen) atoms. The largest absolute Gasteiger partial charge is 0.364 e. The summed E-state index contributed by atoms with van der Waals surface area (Å²) in [6, 6.07) is 3.28. The number of pyridine rings is 1. The van der Waals surface area contributed by atoms with E-state index in [1.54, 1.807) is 19.1 Å². The molecule has 5 heteroatoms. The average Bonchev–Trinajstić information content (AvgIpc) is 2.18. The Labute approximate surface area is 86.3 Å². The highest BCUT2D eigenvalue weighted by Crippen LogP contribution is 2.29. The maximum absolute atomic E-state index is 13.0. The highest BCUT2D eigenvalue weighted by atomic mass is 19.3. The Bertz CT molecular complexity index is 341. The number of primary amides is 1. The number of carbonyl (C=O) groups excluding carboxylic acids is 1. The number of nitrogens with two attached hydrogens (primary N) is 1. The first kappa shape index (κ1) is 11.6. The molecular weight excluding hydrogens is 202 g/mol. The van der Waals surface area contributed by atoms with Crippen LogP contribution < -0.4 is 5.73 Å². The molecule has 1 aromatic rings. The summed E-state index contributed by atoms with van der Waals surface area (Å²) in [6.45, 7) is 1.62. The Morgan fingerprint density at radius 3 is 2.53 bits per heavy atom. The molecule has 0 fully saturated rings. The molecule has 0 saturated carbocycles. The molecule has 2 N–H and O–H groups in total. The van der Waals surface area contributed by atoms with Crippen molar-refractivity contribution in [2.45, 2.75) is 25.2 Å². The molecule has 1 unspecified atom stereocenters. The molecule has 0 radical (unpaired) electrons. The van der Waals surface area contributed by atoms with E-state index in [0.717, 1.165) is 0 Å². The van der Waals surface area contributed by atoms with Crippen molar-refractivity contribution in [1.29, 1.82) is 0 Å². The van der Waals surface area contributed by atoms with Gasteiger partial charge in [-0.2, -0.15) is 8.78 Å². The van der Waals surface area contributed by atoms with Gasteiger partial charge in [0.15, 0.2) is 0 Å². The van der Waals surface area contributed by atoms with Crippen LogP contribution in [0.25, 0.3) is 0 Å². The van der Waals surface area contributed by atoms with Crippen molar-refractivity contribution in [3.63, 3.8) is 0 Å². The van der Waals surface area contributed by atoms with Gasteiger partial charge in [-0.15, -0.1) is 0 Å². The molecule has 1 amide bonds. The smallest absolute Gasteiger partial charge is 0.324 e. The average molecular weight is 214 g/mol. The van der Waals surface area contributed by atoms with E-state index in [1.165, 1.54) is 12.4 Å². The van der Waals surface area contributed by atoms with Crippen molar-refractivity contribution in [2.75, 3.05) is 0 Å². The number of hydrogen-bond acceptors (Lipinski definition) is 2. The Morgan fingerprint density at radius 1 is 1.53 bits per heavy atom. The molecule has 0 aliphatic heterocycles. The first-order chi connectivity index (χ1) is 6.93. The van der Waals surface area contributed by atoms with Gasteiger partial charge < -0.3 is 5.73 Å². The summed E-state index contributed by atoms with van der Waals surface area (Å²) in [5.41, 5.74) is 5.31. The fraction of sp³-hybridized carbons (Fsp3) is 0.400. The summed E-state index contributed by atoms with van der Waals surface area (Å²) in [5.74, 6) is -5.47. The van der Waals surface area contributed by atoms with Crippen molar-refractivity contribution in [1.82, 2.24) is 4.98 Å². The molecule has 0 aliphatic rings. The van der Waals surface area contributed by atoms with Crippen LogP contribution in [-0.4, -0.2) is 16.8 Å². The predicted octanol–water partition coefficient (Wildman–Crippen LogP) is 1.70. The quantitative estimate of drug-likeness (QED) is 0.829. The van der Waals surface area contributed by atoms with Crippen LogP contribution in [0.1, 0.15) is 24.8 Å². The Hall–Kier alpha value is -1.52. The van der Waals surface area contributed by atoms with E-state index in [1.807, 2.05) is 0 Å². The van der Waals surface area contributed by atoms with Gasteiger partial charge in [0.2, 0.25) is 0 Å². The third-order valence-corrected chi connectivity index (χ3v) is 2.20. The number of nitrogens with zero attached hydrogens (tertiary/aromatic N) is 1. The molecule has 0 bridgehead atoms. The highest BCUT2D eigenvalue weighted by molar-refractivity contribution is 5.81. The predicted molar refractivity (Wildman–Crippen MR) is 51.4 cm³/mol. The maximum atomic E-state index is 13.0. The number of rotatable bonds is 4. The molecule has 1 heterocycles. The van der Waals surface area contributed by atoms with Crippen LogP contribution in [-0.2, 0) is 4.79 Å². The molecule has 1 rings (SSSR count). The first-order valence-electron chi connectivity index (χ1n) is 4.51. The third kappa shape index (κ3) is 2.97. The summed E-state index contributed by atoms with van der Waals surface area (Å²) < 4.78 is 26.0. The van der Waals surface area contributed by atoms with Gasteiger partial charge in [-0.25, -0.2) is 0 Å². The van der Waals surface area contributed by atoms with Gasteiger partial charge in [-0.05, 0) is 23.6 Å². The minimum Gasteiger partial charge on any atom is -0.364 e. The zero-order chi connectivity index (χ0) is 11.5. The summed E-state index contributed by atoms with van der Waals surface area (Å²) >= 11 is 0. The normalized spacial score (nSPS) is 13.5. The van der Waals surface area contributed by atoms with Crippen LogP contribution in [0.3, 0.4) is 0 Å². The second-order valence-electron chi connectivity index (χ2n) is 3.45. The fourth-order valence-corrected chi connectivity index (χ4v) is 1.29. The molecule has 3 nitrogen and oxygen atoms in total. The van der Waals surface area contributed by atoms with E-state index >= 15 is 0 Å². The van der Waals surface area contributed by atoms with Gasteiger partial charge >= 0.3 is 5.92 Å². The van der Waals surface area contributed by atoms with E-state index in [0.29, 0.717) is 5.56 Å². The number of aromatic nitrogens is 1. The van der Waals surface area contributed by atoms with E-state index in [9.17, 15) is 13.6 Å². The lowest BCUT2D eigenvalue weighted by atomic mass is 9.95. The summed E-state index contributed by atoms with van der Waals surface area (Å²) in [5, 5.41) is 0. The number of alkyl halides is 2. The van der Waals surface area contributed by atoms with Crippen molar-refractivity contribution < 1.29 is 13.6 Å². The molecule has 0 aliphatic carbocycles. The Kier molecular flexibility index (Phi) is 3.34. The number of amides is 1. The second kappa shape index (κ2) is 4.33. The molecular formula is C10H12F2N2O. The van der Waals surface area contributed by atoms with Gasteiger partial charge in [0, 0.05) is 18.8 Å². The lowest BCUT2D eigenvalue weighted by molar-refractivity contribution is -0.143. The van der Waals surface area contributed by atoms with Crippen LogP contribution in [0.15, 0.2) is 24.5 Å². The molecule has 82 valence electrons. The van der Waals surface area contributed by atoms with Gasteiger partial charge in [0.05, 0.1) is 0 Å². The van der Waals surface area contributed by atoms with Gasteiger partial charge in [-0.1, -0.05) is 6.92 Å². The van der Waals surface area contributed by atoms with Gasteiger partial charge in [0.1, 0.15) is 0 Å². The summed E-state index contributed by atoms with van der Waals surface area (Å²) in [6.07, 6.45) is 2.47. The van der Waals surface area contributed by atoms with Crippen LogP contribution >= 0.6 is 0 Å². The van der Waals surface area contributed by atoms with Gasteiger partial charge in [0.25, 0.3) is 5.91 Å². The third-order valence-electron chi connectivity index (χ3n) is 2.20. The van der Waals surface area contributed by atoms with Crippen molar-refractivity contribution in [2.24, 2.45) is 5.73 Å². The topological polar surface area (TPSA) is 56.0 Å². The van der Waals surface area contributed by atoms with Crippen molar-refractivity contribution in [3.8, 4) is 0 Å². The minimum atomic E-state index is -3.46. The lowest BCUT2D eigenvalue weighted by Gasteiger charge is -2.17. The van der Waals surface area contributed by atoms with Crippen LogP contribution in [0, 0.1) is 0 Å². The van der Waals surface area contributed by atoms with Gasteiger partial charge in [-0.3, -0.25) is 9.78 Å². The highest BCUT2D eigenvalue weighted by Gasteiger charge is 2.38. The second-order valence-corrected chi connectivity index (χ2v) is 3.45. The zero-order valence-corrected chi connectivity index (χ0v) is 8.28. The standard InChI is InChI=1S/C10H12F2N2O/c1-7(6-10(11,12)9(13)15)8-2-4-14-5-3-8/h2-5,7H,6H2,1H3,(H2,13,15).